The third-order valence-electron chi connectivity index (χ3n) is 4.99. The SMILES string of the molecule is Cc1ccc(NC(=O)N2CCN(c3nc(Cc4ccc(Cl)cc4)ns3)CC2)cc1Cl. The third kappa shape index (κ3) is 5.03. The summed E-state index contributed by atoms with van der Waals surface area (Å²) in [6.45, 7) is 4.62. The quantitative estimate of drug-likeness (QED) is 0.586. The Bertz CT molecular complexity index is 1030. The lowest BCUT2D eigenvalue weighted by atomic mass is 10.1. The first-order valence-electron chi connectivity index (χ1n) is 9.62. The van der Waals surface area contributed by atoms with Crippen molar-refractivity contribution in [2.24, 2.45) is 0 Å². The molecular formula is C21H21Cl2N5OS. The second-order valence-electron chi connectivity index (χ2n) is 7.16. The molecule has 2 heterocycles. The van der Waals surface area contributed by atoms with E-state index < -0.39 is 0 Å². The topological polar surface area (TPSA) is 61.4 Å². The molecule has 0 saturated carbocycles. The van der Waals surface area contributed by atoms with Crippen LogP contribution < -0.4 is 10.2 Å². The monoisotopic (exact) mass is 461 g/mol. The molecule has 1 aliphatic heterocycles. The summed E-state index contributed by atoms with van der Waals surface area (Å²) in [5.41, 5.74) is 2.81. The Labute approximate surface area is 189 Å². The van der Waals surface area contributed by atoms with Crippen molar-refractivity contribution in [3.05, 3.63) is 69.5 Å². The molecule has 0 bridgehead atoms. The minimum Gasteiger partial charge on any atom is -0.343 e. The number of carbonyl (C=O) groups excluding carboxylic acids is 1. The first-order valence-corrected chi connectivity index (χ1v) is 11.1. The van der Waals surface area contributed by atoms with E-state index in [1.807, 2.05) is 43.3 Å². The summed E-state index contributed by atoms with van der Waals surface area (Å²) < 4.78 is 4.48. The van der Waals surface area contributed by atoms with Crippen LogP contribution in [0.2, 0.25) is 10.0 Å². The number of halogens is 2. The molecule has 9 heteroatoms. The Morgan fingerprint density at radius 2 is 1.83 bits per heavy atom. The van der Waals surface area contributed by atoms with Crippen LogP contribution in [-0.4, -0.2) is 46.5 Å². The number of anilines is 2. The lowest BCUT2D eigenvalue weighted by Crippen LogP contribution is -2.50. The number of benzene rings is 2. The molecule has 0 spiro atoms. The largest absolute Gasteiger partial charge is 0.343 e. The van der Waals surface area contributed by atoms with Crippen LogP contribution >= 0.6 is 34.7 Å². The van der Waals surface area contributed by atoms with Gasteiger partial charge in [-0.1, -0.05) is 41.4 Å². The molecule has 1 saturated heterocycles. The number of aromatic nitrogens is 2. The zero-order valence-electron chi connectivity index (χ0n) is 16.4. The molecule has 6 nitrogen and oxygen atoms in total. The van der Waals surface area contributed by atoms with E-state index in [4.69, 9.17) is 23.2 Å². The Balaban J connectivity index is 1.31. The summed E-state index contributed by atoms with van der Waals surface area (Å²) in [4.78, 5) is 21.2. The van der Waals surface area contributed by atoms with Crippen LogP contribution in [0.15, 0.2) is 42.5 Å². The molecule has 0 radical (unpaired) electrons. The van der Waals surface area contributed by atoms with Gasteiger partial charge in [0, 0.05) is 59.9 Å². The van der Waals surface area contributed by atoms with Gasteiger partial charge >= 0.3 is 6.03 Å². The van der Waals surface area contributed by atoms with Gasteiger partial charge in [0.15, 0.2) is 0 Å². The van der Waals surface area contributed by atoms with Gasteiger partial charge in [-0.2, -0.15) is 4.37 Å². The van der Waals surface area contributed by atoms with Crippen molar-refractivity contribution >= 4 is 51.6 Å². The molecule has 1 aromatic heterocycles. The first kappa shape index (κ1) is 20.9. The molecule has 0 unspecified atom stereocenters. The molecule has 2 amide bonds. The Morgan fingerprint density at radius 3 is 2.53 bits per heavy atom. The molecule has 0 atom stereocenters. The maximum Gasteiger partial charge on any atom is 0.321 e. The van der Waals surface area contributed by atoms with Crippen molar-refractivity contribution in [2.45, 2.75) is 13.3 Å². The fourth-order valence-electron chi connectivity index (χ4n) is 3.20. The highest BCUT2D eigenvalue weighted by molar-refractivity contribution is 7.09. The van der Waals surface area contributed by atoms with Gasteiger partial charge in [-0.05, 0) is 42.3 Å². The van der Waals surface area contributed by atoms with Crippen molar-refractivity contribution in [1.29, 1.82) is 0 Å². The Kier molecular flexibility index (Phi) is 6.41. The van der Waals surface area contributed by atoms with E-state index in [-0.39, 0.29) is 6.03 Å². The number of aryl methyl sites for hydroxylation is 1. The molecule has 1 aliphatic rings. The number of urea groups is 1. The summed E-state index contributed by atoms with van der Waals surface area (Å²) in [7, 11) is 0. The number of amides is 2. The second-order valence-corrected chi connectivity index (χ2v) is 8.74. The summed E-state index contributed by atoms with van der Waals surface area (Å²) in [6.07, 6.45) is 0.676. The fraction of sp³-hybridized carbons (Fsp3) is 0.286. The minimum atomic E-state index is -0.115. The van der Waals surface area contributed by atoms with Crippen LogP contribution in [0.25, 0.3) is 0 Å². The van der Waals surface area contributed by atoms with Crippen molar-refractivity contribution in [3.8, 4) is 0 Å². The summed E-state index contributed by atoms with van der Waals surface area (Å²) in [6, 6.07) is 13.1. The molecule has 156 valence electrons. The van der Waals surface area contributed by atoms with Gasteiger partial charge < -0.3 is 15.1 Å². The normalized spacial score (nSPS) is 14.1. The Morgan fingerprint density at radius 1 is 1.10 bits per heavy atom. The van der Waals surface area contributed by atoms with E-state index in [1.165, 1.54) is 11.5 Å². The van der Waals surface area contributed by atoms with Gasteiger partial charge in [0.25, 0.3) is 0 Å². The van der Waals surface area contributed by atoms with E-state index in [0.717, 1.165) is 40.2 Å². The van der Waals surface area contributed by atoms with Crippen LogP contribution in [0, 0.1) is 6.92 Å². The number of nitrogens with one attached hydrogen (secondary N) is 1. The van der Waals surface area contributed by atoms with Crippen molar-refractivity contribution in [2.75, 3.05) is 36.4 Å². The van der Waals surface area contributed by atoms with Crippen LogP contribution in [0.3, 0.4) is 0 Å². The minimum absolute atomic E-state index is 0.115. The van der Waals surface area contributed by atoms with Crippen molar-refractivity contribution < 1.29 is 4.79 Å². The van der Waals surface area contributed by atoms with Gasteiger partial charge in [0.2, 0.25) is 5.13 Å². The van der Waals surface area contributed by atoms with Crippen molar-refractivity contribution in [3.63, 3.8) is 0 Å². The summed E-state index contributed by atoms with van der Waals surface area (Å²) in [5.74, 6) is 0.800. The molecule has 30 heavy (non-hydrogen) atoms. The highest BCUT2D eigenvalue weighted by Crippen LogP contribution is 2.23. The van der Waals surface area contributed by atoms with E-state index in [2.05, 4.69) is 19.6 Å². The smallest absolute Gasteiger partial charge is 0.321 e. The molecule has 3 aromatic rings. The summed E-state index contributed by atoms with van der Waals surface area (Å²) in [5, 5.41) is 5.17. The van der Waals surface area contributed by atoms with Crippen LogP contribution in [0.5, 0.6) is 0 Å². The average Bonchev–Trinajstić information content (AvgIpc) is 3.21. The van der Waals surface area contributed by atoms with Gasteiger partial charge in [0.05, 0.1) is 0 Å². The maximum atomic E-state index is 12.6. The van der Waals surface area contributed by atoms with E-state index in [0.29, 0.717) is 30.2 Å². The third-order valence-corrected chi connectivity index (χ3v) is 6.47. The standard InChI is InChI=1S/C21H21Cl2N5OS/c1-14-2-7-17(13-18(14)23)24-20(29)27-8-10-28(11-9-27)21-25-19(26-30-21)12-15-3-5-16(22)6-4-15/h2-7,13H,8-12H2,1H3,(H,24,29). The molecule has 2 aromatic carbocycles. The molecule has 4 rings (SSSR count). The van der Waals surface area contributed by atoms with Crippen LogP contribution in [-0.2, 0) is 6.42 Å². The lowest BCUT2D eigenvalue weighted by molar-refractivity contribution is 0.208. The van der Waals surface area contributed by atoms with Crippen LogP contribution in [0.1, 0.15) is 17.0 Å². The second kappa shape index (κ2) is 9.20. The molecule has 0 aliphatic carbocycles. The first-order chi connectivity index (χ1) is 14.5. The van der Waals surface area contributed by atoms with Crippen LogP contribution in [0.4, 0.5) is 15.6 Å². The molecule has 1 N–H and O–H groups in total. The van der Waals surface area contributed by atoms with Gasteiger partial charge in [-0.3, -0.25) is 0 Å². The molecular weight excluding hydrogens is 441 g/mol. The number of hydrogen-bond acceptors (Lipinski definition) is 5. The Hall–Kier alpha value is -2.35. The van der Waals surface area contributed by atoms with E-state index in [9.17, 15) is 4.79 Å². The fourth-order valence-corrected chi connectivity index (χ4v) is 4.25. The van der Waals surface area contributed by atoms with Gasteiger partial charge in [0.1, 0.15) is 5.82 Å². The average molecular weight is 462 g/mol. The number of piperazine rings is 1. The van der Waals surface area contributed by atoms with Crippen molar-refractivity contribution in [1.82, 2.24) is 14.3 Å². The molecule has 1 fully saturated rings. The highest BCUT2D eigenvalue weighted by Gasteiger charge is 2.23. The predicted molar refractivity (Wildman–Crippen MR) is 123 cm³/mol. The number of nitrogens with zero attached hydrogens (tertiary/aromatic N) is 4. The predicted octanol–water partition coefficient (Wildman–Crippen LogP) is 5.10. The number of hydrogen-bond donors (Lipinski definition) is 1. The van der Waals surface area contributed by atoms with Gasteiger partial charge in [-0.15, -0.1) is 0 Å². The number of carbonyl (C=O) groups is 1. The maximum absolute atomic E-state index is 12.6. The summed E-state index contributed by atoms with van der Waals surface area (Å²) >= 11 is 13.5. The van der Waals surface area contributed by atoms with Gasteiger partial charge in [-0.25, -0.2) is 9.78 Å². The highest BCUT2D eigenvalue weighted by atomic mass is 35.5. The lowest BCUT2D eigenvalue weighted by Gasteiger charge is -2.34. The zero-order chi connectivity index (χ0) is 21.1. The van der Waals surface area contributed by atoms with E-state index in [1.54, 1.807) is 11.0 Å². The zero-order valence-corrected chi connectivity index (χ0v) is 18.8. The number of rotatable bonds is 4. The van der Waals surface area contributed by atoms with E-state index >= 15 is 0 Å².